The molecule has 2 saturated heterocycles. The van der Waals surface area contributed by atoms with Crippen molar-refractivity contribution in [3.8, 4) is 0 Å². The molecule has 1 aromatic carbocycles. The van der Waals surface area contributed by atoms with E-state index in [1.807, 2.05) is 42.2 Å². The van der Waals surface area contributed by atoms with Crippen LogP contribution in [-0.4, -0.2) is 61.0 Å². The third-order valence-corrected chi connectivity index (χ3v) is 5.80. The first-order valence-corrected chi connectivity index (χ1v) is 9.39. The molecule has 0 amide bonds. The standard InChI is InChI=1S/C20H28F2N2O2/c1-19(16-6-4-3-5-7-16,24-14-10-20(21,22)11-15-24)18(25)26-17-8-12-23(2)13-9-17/h3-7,17H,8-15H2,1-2H3. The van der Waals surface area contributed by atoms with Gasteiger partial charge in [-0.25, -0.2) is 13.6 Å². The molecular formula is C20H28F2N2O2. The minimum atomic E-state index is -2.65. The van der Waals surface area contributed by atoms with Crippen LogP contribution in [0.3, 0.4) is 0 Å². The molecule has 0 N–H and O–H groups in total. The van der Waals surface area contributed by atoms with E-state index in [0.29, 0.717) is 0 Å². The van der Waals surface area contributed by atoms with Gasteiger partial charge < -0.3 is 9.64 Å². The number of likely N-dealkylation sites (tertiary alicyclic amines) is 2. The number of hydrogen-bond donors (Lipinski definition) is 0. The third kappa shape index (κ3) is 4.07. The lowest BCUT2D eigenvalue weighted by Gasteiger charge is -2.44. The van der Waals surface area contributed by atoms with Gasteiger partial charge in [-0.2, -0.15) is 0 Å². The molecule has 26 heavy (non-hydrogen) atoms. The number of piperidine rings is 2. The number of nitrogens with zero attached hydrogens (tertiary/aromatic N) is 2. The highest BCUT2D eigenvalue weighted by atomic mass is 19.3. The summed E-state index contributed by atoms with van der Waals surface area (Å²) in [4.78, 5) is 17.3. The van der Waals surface area contributed by atoms with E-state index in [0.717, 1.165) is 31.5 Å². The Kier molecular flexibility index (Phi) is 5.63. The Labute approximate surface area is 154 Å². The van der Waals surface area contributed by atoms with Crippen molar-refractivity contribution >= 4 is 5.97 Å². The van der Waals surface area contributed by atoms with Crippen molar-refractivity contribution in [1.82, 2.24) is 9.80 Å². The first kappa shape index (κ1) is 19.2. The van der Waals surface area contributed by atoms with Crippen molar-refractivity contribution in [2.45, 2.75) is 50.2 Å². The van der Waals surface area contributed by atoms with Gasteiger partial charge in [-0.15, -0.1) is 0 Å². The molecule has 2 aliphatic heterocycles. The summed E-state index contributed by atoms with van der Waals surface area (Å²) in [6.07, 6.45) is 1.07. The molecule has 0 radical (unpaired) electrons. The number of esters is 1. The maximum absolute atomic E-state index is 13.6. The van der Waals surface area contributed by atoms with Gasteiger partial charge in [0.25, 0.3) is 5.92 Å². The summed E-state index contributed by atoms with van der Waals surface area (Å²) in [6, 6.07) is 9.38. The highest BCUT2D eigenvalue weighted by Gasteiger charge is 2.47. The zero-order valence-corrected chi connectivity index (χ0v) is 15.6. The summed E-state index contributed by atoms with van der Waals surface area (Å²) < 4.78 is 33.1. The number of alkyl halides is 2. The monoisotopic (exact) mass is 366 g/mol. The van der Waals surface area contributed by atoms with Gasteiger partial charge in [0.2, 0.25) is 0 Å². The number of hydrogen-bond acceptors (Lipinski definition) is 4. The Morgan fingerprint density at radius 2 is 1.69 bits per heavy atom. The number of carbonyl (C=O) groups is 1. The summed E-state index contributed by atoms with van der Waals surface area (Å²) in [5.41, 5.74) is -0.246. The van der Waals surface area contributed by atoms with Crippen molar-refractivity contribution in [2.75, 3.05) is 33.2 Å². The molecule has 1 aromatic rings. The van der Waals surface area contributed by atoms with Gasteiger partial charge in [0.1, 0.15) is 11.6 Å². The molecule has 1 atom stereocenters. The fourth-order valence-corrected chi connectivity index (χ4v) is 3.84. The number of carbonyl (C=O) groups excluding carboxylic acids is 1. The summed E-state index contributed by atoms with van der Waals surface area (Å²) in [5, 5.41) is 0. The Balaban J connectivity index is 1.80. The van der Waals surface area contributed by atoms with Crippen LogP contribution >= 0.6 is 0 Å². The second-order valence-electron chi connectivity index (χ2n) is 7.69. The molecule has 3 rings (SSSR count). The van der Waals surface area contributed by atoms with Crippen molar-refractivity contribution in [2.24, 2.45) is 0 Å². The smallest absolute Gasteiger partial charge is 0.331 e. The predicted octanol–water partition coefficient (Wildman–Crippen LogP) is 3.27. The van der Waals surface area contributed by atoms with Crippen molar-refractivity contribution in [3.63, 3.8) is 0 Å². The summed E-state index contributed by atoms with van der Waals surface area (Å²) in [6.45, 7) is 3.97. The zero-order chi connectivity index (χ0) is 18.8. The van der Waals surface area contributed by atoms with Crippen molar-refractivity contribution < 1.29 is 18.3 Å². The first-order valence-electron chi connectivity index (χ1n) is 9.39. The number of ether oxygens (including phenoxy) is 1. The topological polar surface area (TPSA) is 32.8 Å². The largest absolute Gasteiger partial charge is 0.461 e. The average molecular weight is 366 g/mol. The molecule has 0 bridgehead atoms. The van der Waals surface area contributed by atoms with Crippen LogP contribution in [0.4, 0.5) is 8.78 Å². The molecule has 0 aromatic heterocycles. The van der Waals surface area contributed by atoms with Crippen LogP contribution in [0.2, 0.25) is 0 Å². The molecule has 2 aliphatic rings. The van der Waals surface area contributed by atoms with Crippen LogP contribution in [0.5, 0.6) is 0 Å². The molecule has 4 nitrogen and oxygen atoms in total. The van der Waals surface area contributed by atoms with E-state index in [1.165, 1.54) is 0 Å². The second kappa shape index (κ2) is 7.61. The molecule has 2 heterocycles. The highest BCUT2D eigenvalue weighted by molar-refractivity contribution is 5.82. The number of benzene rings is 1. The summed E-state index contributed by atoms with van der Waals surface area (Å²) in [5.74, 6) is -2.98. The Bertz CT molecular complexity index is 607. The van der Waals surface area contributed by atoms with Gasteiger partial charge in [0, 0.05) is 39.0 Å². The normalized spacial score (nSPS) is 24.8. The molecule has 0 spiro atoms. The van der Waals surface area contributed by atoms with Gasteiger partial charge in [0.15, 0.2) is 0 Å². The van der Waals surface area contributed by atoms with Crippen molar-refractivity contribution in [3.05, 3.63) is 35.9 Å². The van der Waals surface area contributed by atoms with Gasteiger partial charge in [-0.1, -0.05) is 30.3 Å². The minimum absolute atomic E-state index is 0.104. The predicted molar refractivity (Wildman–Crippen MR) is 96.2 cm³/mol. The lowest BCUT2D eigenvalue weighted by atomic mass is 9.87. The van der Waals surface area contributed by atoms with Gasteiger partial charge in [-0.3, -0.25) is 4.90 Å². The Hall–Kier alpha value is -1.53. The molecule has 2 fully saturated rings. The maximum atomic E-state index is 13.6. The molecule has 0 aliphatic carbocycles. The summed E-state index contributed by atoms with van der Waals surface area (Å²) in [7, 11) is 2.06. The minimum Gasteiger partial charge on any atom is -0.461 e. The van der Waals surface area contributed by atoms with Crippen LogP contribution in [0, 0.1) is 0 Å². The van der Waals surface area contributed by atoms with E-state index in [1.54, 1.807) is 0 Å². The quantitative estimate of drug-likeness (QED) is 0.766. The van der Waals surface area contributed by atoms with Crippen LogP contribution in [0.1, 0.15) is 38.2 Å². The molecule has 1 unspecified atom stereocenters. The number of rotatable bonds is 4. The van der Waals surface area contributed by atoms with Crippen LogP contribution in [0.25, 0.3) is 0 Å². The number of halogens is 2. The lowest BCUT2D eigenvalue weighted by Crippen LogP contribution is -2.55. The highest BCUT2D eigenvalue weighted by Crippen LogP contribution is 2.37. The van der Waals surface area contributed by atoms with E-state index < -0.39 is 11.5 Å². The van der Waals surface area contributed by atoms with Crippen LogP contribution in [-0.2, 0) is 15.1 Å². The van der Waals surface area contributed by atoms with Crippen molar-refractivity contribution in [1.29, 1.82) is 0 Å². The fraction of sp³-hybridized carbons (Fsp3) is 0.650. The zero-order valence-electron chi connectivity index (χ0n) is 15.6. The van der Waals surface area contributed by atoms with E-state index in [-0.39, 0.29) is 38.0 Å². The van der Waals surface area contributed by atoms with Crippen LogP contribution in [0.15, 0.2) is 30.3 Å². The molecular weight excluding hydrogens is 338 g/mol. The molecule has 0 saturated carbocycles. The van der Waals surface area contributed by atoms with Gasteiger partial charge >= 0.3 is 5.97 Å². The van der Waals surface area contributed by atoms with E-state index >= 15 is 0 Å². The van der Waals surface area contributed by atoms with Gasteiger partial charge in [0.05, 0.1) is 0 Å². The van der Waals surface area contributed by atoms with Gasteiger partial charge in [-0.05, 0) is 32.4 Å². The third-order valence-electron chi connectivity index (χ3n) is 5.80. The lowest BCUT2D eigenvalue weighted by molar-refractivity contribution is -0.170. The van der Waals surface area contributed by atoms with E-state index in [2.05, 4.69) is 11.9 Å². The first-order chi connectivity index (χ1) is 12.3. The van der Waals surface area contributed by atoms with Crippen LogP contribution < -0.4 is 0 Å². The SMILES string of the molecule is CN1CCC(OC(=O)C(C)(c2ccccc2)N2CCC(F)(F)CC2)CC1. The van der Waals surface area contributed by atoms with E-state index in [9.17, 15) is 13.6 Å². The van der Waals surface area contributed by atoms with E-state index in [4.69, 9.17) is 4.74 Å². The Morgan fingerprint density at radius 3 is 2.27 bits per heavy atom. The molecule has 6 heteroatoms. The second-order valence-corrected chi connectivity index (χ2v) is 7.69. The molecule has 144 valence electrons. The Morgan fingerprint density at radius 1 is 1.12 bits per heavy atom. The maximum Gasteiger partial charge on any atom is 0.331 e. The average Bonchev–Trinajstić information content (AvgIpc) is 2.63. The fourth-order valence-electron chi connectivity index (χ4n) is 3.84. The summed E-state index contributed by atoms with van der Waals surface area (Å²) >= 11 is 0.